The van der Waals surface area contributed by atoms with Crippen molar-refractivity contribution in [2.45, 2.75) is 0 Å². The van der Waals surface area contributed by atoms with Gasteiger partial charge in [0.05, 0.1) is 18.3 Å². The summed E-state index contributed by atoms with van der Waals surface area (Å²) in [7, 11) is 1.61. The molecule has 4 aromatic rings. The predicted octanol–water partition coefficient (Wildman–Crippen LogP) is 1.92. The second-order valence-corrected chi connectivity index (χ2v) is 5.43. The molecule has 0 amide bonds. The third kappa shape index (κ3) is 3.39. The Kier molecular flexibility index (Phi) is 5.46. The van der Waals surface area contributed by atoms with E-state index in [0.717, 1.165) is 16.3 Å². The molecule has 0 bridgehead atoms. The zero-order valence-corrected chi connectivity index (χ0v) is 16.4. The van der Waals surface area contributed by atoms with Crippen LogP contribution in [-0.2, 0) is 0 Å². The summed E-state index contributed by atoms with van der Waals surface area (Å²) < 4.78 is 5.33. The molecule has 0 radical (unpaired) electrons. The molecule has 4 rings (SSSR count). The van der Waals surface area contributed by atoms with Crippen LogP contribution in [0.5, 0.6) is 11.5 Å². The summed E-state index contributed by atoms with van der Waals surface area (Å²) in [6.45, 7) is 0. The molecule has 122 valence electrons. The summed E-state index contributed by atoms with van der Waals surface area (Å²) in [5.74, 6) is 0.801. The number of nitrogens with zero attached hydrogens (tertiary/aromatic N) is 4. The number of aromatic nitrogens is 2. The first-order valence-corrected chi connectivity index (χ1v) is 7.67. The number of phenols is 1. The maximum absolute atomic E-state index is 9.93. The van der Waals surface area contributed by atoms with Crippen molar-refractivity contribution in [1.82, 2.24) is 9.97 Å². The van der Waals surface area contributed by atoms with Crippen LogP contribution in [0.2, 0.25) is 0 Å². The molecule has 0 spiro atoms. The van der Waals surface area contributed by atoms with E-state index in [1.54, 1.807) is 43.8 Å². The van der Waals surface area contributed by atoms with Crippen LogP contribution in [0, 0.1) is 0 Å². The van der Waals surface area contributed by atoms with Crippen molar-refractivity contribution >= 4 is 33.2 Å². The molecule has 0 aliphatic rings. The number of aromatic hydroxyl groups is 1. The first kappa shape index (κ1) is 18.3. The van der Waals surface area contributed by atoms with Crippen molar-refractivity contribution in [2.24, 2.45) is 10.2 Å². The van der Waals surface area contributed by atoms with Crippen LogP contribution < -0.4 is 34.3 Å². The Bertz CT molecular complexity index is 1120. The number of hydrogen-bond acceptors (Lipinski definition) is 6. The smallest absolute Gasteiger partial charge is 0.506 e. The molecule has 2 aromatic carbocycles. The van der Waals surface area contributed by atoms with Crippen LogP contribution in [-0.4, -0.2) is 22.2 Å². The topological polar surface area (TPSA) is 80.0 Å². The standard InChI is InChI=1S/C19H14N4O2.Na/c1-25-13-10-12-4-2-8-20-18(12)16(11-13)23-22-15-6-7-17(24)19-14(15)5-3-9-21-19;/h2-11,24H,1H3;/q;+1. The number of ether oxygens (including phenoxy) is 1. The van der Waals surface area contributed by atoms with Gasteiger partial charge in [0.25, 0.3) is 0 Å². The largest absolute Gasteiger partial charge is 1.00 e. The number of phenolic OH excluding ortho intramolecular Hbond substituents is 1. The van der Waals surface area contributed by atoms with Gasteiger partial charge in [-0.1, -0.05) is 6.07 Å². The molecule has 2 heterocycles. The fourth-order valence-corrected chi connectivity index (χ4v) is 2.68. The molecule has 2 aromatic heterocycles. The molecule has 0 fully saturated rings. The number of hydrogen-bond donors (Lipinski definition) is 1. The molecule has 0 atom stereocenters. The Morgan fingerprint density at radius 3 is 2.42 bits per heavy atom. The van der Waals surface area contributed by atoms with Gasteiger partial charge in [-0.15, -0.1) is 10.2 Å². The van der Waals surface area contributed by atoms with Gasteiger partial charge in [-0.3, -0.25) is 9.97 Å². The van der Waals surface area contributed by atoms with E-state index in [1.165, 1.54) is 0 Å². The third-order valence-corrected chi connectivity index (χ3v) is 3.88. The molecule has 6 nitrogen and oxygen atoms in total. The molecule has 0 aliphatic heterocycles. The molecule has 0 saturated carbocycles. The predicted molar refractivity (Wildman–Crippen MR) is 95.9 cm³/mol. The first-order valence-electron chi connectivity index (χ1n) is 7.67. The van der Waals surface area contributed by atoms with Crippen molar-refractivity contribution in [3.05, 3.63) is 60.9 Å². The zero-order chi connectivity index (χ0) is 17.2. The molecule has 0 saturated heterocycles. The van der Waals surface area contributed by atoms with Crippen LogP contribution in [0.25, 0.3) is 21.8 Å². The van der Waals surface area contributed by atoms with Crippen molar-refractivity contribution in [1.29, 1.82) is 0 Å². The summed E-state index contributed by atoms with van der Waals surface area (Å²) >= 11 is 0. The van der Waals surface area contributed by atoms with Crippen LogP contribution >= 0.6 is 0 Å². The Morgan fingerprint density at radius 2 is 1.62 bits per heavy atom. The molecular formula is C19H14N4NaO2+. The SMILES string of the molecule is COc1cc(N=Nc2ccc(O)c3ncccc23)c2ncccc2c1.[Na+]. The summed E-state index contributed by atoms with van der Waals surface area (Å²) in [5, 5.41) is 20.3. The van der Waals surface area contributed by atoms with Crippen LogP contribution in [0.15, 0.2) is 71.2 Å². The minimum atomic E-state index is 0. The monoisotopic (exact) mass is 353 g/mol. The maximum atomic E-state index is 9.93. The number of benzene rings is 2. The summed E-state index contributed by atoms with van der Waals surface area (Å²) in [5.41, 5.74) is 2.47. The Balaban J connectivity index is 0.00000196. The van der Waals surface area contributed by atoms with Crippen LogP contribution in [0.3, 0.4) is 0 Å². The van der Waals surface area contributed by atoms with Crippen LogP contribution in [0.1, 0.15) is 0 Å². The van der Waals surface area contributed by atoms with Gasteiger partial charge in [-0.05, 0) is 36.4 Å². The van der Waals surface area contributed by atoms with Crippen molar-refractivity contribution < 1.29 is 39.4 Å². The second-order valence-electron chi connectivity index (χ2n) is 5.43. The average molecular weight is 353 g/mol. The summed E-state index contributed by atoms with van der Waals surface area (Å²) in [4.78, 5) is 8.57. The number of fused-ring (bicyclic) bond motifs is 2. The van der Waals surface area contributed by atoms with Crippen molar-refractivity contribution in [3.8, 4) is 11.5 Å². The molecular weight excluding hydrogens is 339 g/mol. The number of methoxy groups -OCH3 is 1. The van der Waals surface area contributed by atoms with E-state index in [4.69, 9.17) is 4.74 Å². The average Bonchev–Trinajstić information content (AvgIpc) is 2.67. The first-order chi connectivity index (χ1) is 12.3. The molecule has 1 N–H and O–H groups in total. The molecule has 26 heavy (non-hydrogen) atoms. The zero-order valence-electron chi connectivity index (χ0n) is 14.4. The normalized spacial score (nSPS) is 11.0. The van der Waals surface area contributed by atoms with Gasteiger partial charge >= 0.3 is 29.6 Å². The summed E-state index contributed by atoms with van der Waals surface area (Å²) in [6.07, 6.45) is 3.34. The van der Waals surface area contributed by atoms with Gasteiger partial charge in [0.1, 0.15) is 22.7 Å². The van der Waals surface area contributed by atoms with Crippen LogP contribution in [0.4, 0.5) is 11.4 Å². The molecule has 0 aliphatic carbocycles. The van der Waals surface area contributed by atoms with Gasteiger partial charge in [-0.25, -0.2) is 0 Å². The van der Waals surface area contributed by atoms with Gasteiger partial charge in [0.2, 0.25) is 0 Å². The van der Waals surface area contributed by atoms with E-state index in [9.17, 15) is 5.11 Å². The van der Waals surface area contributed by atoms with Gasteiger partial charge < -0.3 is 9.84 Å². The minimum Gasteiger partial charge on any atom is -0.506 e. The van der Waals surface area contributed by atoms with E-state index in [-0.39, 0.29) is 35.3 Å². The number of azo groups is 1. The molecule has 7 heteroatoms. The minimum absolute atomic E-state index is 0. The number of pyridine rings is 2. The Morgan fingerprint density at radius 1 is 0.885 bits per heavy atom. The van der Waals surface area contributed by atoms with Gasteiger partial charge in [0.15, 0.2) is 0 Å². The quantitative estimate of drug-likeness (QED) is 0.451. The van der Waals surface area contributed by atoms with Gasteiger partial charge in [-0.2, -0.15) is 0 Å². The summed E-state index contributed by atoms with van der Waals surface area (Å²) in [6, 6.07) is 14.4. The van der Waals surface area contributed by atoms with Crippen molar-refractivity contribution in [3.63, 3.8) is 0 Å². The fraction of sp³-hybridized carbons (Fsp3) is 0.0526. The Hall–Kier alpha value is -2.54. The van der Waals surface area contributed by atoms with E-state index in [0.29, 0.717) is 22.6 Å². The maximum Gasteiger partial charge on any atom is 1.00 e. The fourth-order valence-electron chi connectivity index (χ4n) is 2.68. The van der Waals surface area contributed by atoms with E-state index in [2.05, 4.69) is 20.2 Å². The second kappa shape index (κ2) is 7.78. The van der Waals surface area contributed by atoms with E-state index in [1.807, 2.05) is 24.3 Å². The van der Waals surface area contributed by atoms with E-state index >= 15 is 0 Å². The Labute approximate surface area is 171 Å². The van der Waals surface area contributed by atoms with Crippen molar-refractivity contribution in [2.75, 3.05) is 7.11 Å². The van der Waals surface area contributed by atoms with E-state index < -0.39 is 0 Å². The van der Waals surface area contributed by atoms with Gasteiger partial charge in [0, 0.05) is 29.2 Å². The third-order valence-electron chi connectivity index (χ3n) is 3.88. The number of rotatable bonds is 3. The molecule has 0 unspecified atom stereocenters.